The molecule has 0 spiro atoms. The topological polar surface area (TPSA) is 78.4 Å². The van der Waals surface area contributed by atoms with Gasteiger partial charge in [-0.3, -0.25) is 9.59 Å². The van der Waals surface area contributed by atoms with E-state index in [-0.39, 0.29) is 18.4 Å². The van der Waals surface area contributed by atoms with E-state index in [0.717, 1.165) is 0 Å². The largest absolute Gasteiger partial charge is 0.392 e. The average molecular weight is 234 g/mol. The number of anilines is 1. The predicted octanol–water partition coefficient (Wildman–Crippen LogP) is 0.396. The summed E-state index contributed by atoms with van der Waals surface area (Å²) in [5.41, 5.74) is 1.24. The van der Waals surface area contributed by atoms with Crippen LogP contribution in [-0.2, 0) is 16.2 Å². The fraction of sp³-hybridized carbons (Fsp3) is 0.333. The van der Waals surface area contributed by atoms with Gasteiger partial charge in [-0.15, -0.1) is 0 Å². The SMILES string of the molecule is O=C1CC[C@H](C(=O)Nc2ccccc2CO)N1. The van der Waals surface area contributed by atoms with Crippen molar-refractivity contribution < 1.29 is 14.7 Å². The molecule has 17 heavy (non-hydrogen) atoms. The Bertz CT molecular complexity index is 445. The van der Waals surface area contributed by atoms with Crippen LogP contribution in [0.15, 0.2) is 24.3 Å². The molecule has 2 amide bonds. The first-order valence-electron chi connectivity index (χ1n) is 5.49. The summed E-state index contributed by atoms with van der Waals surface area (Å²) in [4.78, 5) is 22.8. The van der Waals surface area contributed by atoms with Crippen LogP contribution in [0.2, 0.25) is 0 Å². The van der Waals surface area contributed by atoms with E-state index < -0.39 is 6.04 Å². The quantitative estimate of drug-likeness (QED) is 0.708. The molecule has 0 aliphatic carbocycles. The van der Waals surface area contributed by atoms with Gasteiger partial charge in [0.1, 0.15) is 6.04 Å². The zero-order valence-corrected chi connectivity index (χ0v) is 9.27. The lowest BCUT2D eigenvalue weighted by Crippen LogP contribution is -2.37. The van der Waals surface area contributed by atoms with E-state index in [0.29, 0.717) is 24.1 Å². The van der Waals surface area contributed by atoms with E-state index in [2.05, 4.69) is 10.6 Å². The number of aliphatic hydroxyl groups excluding tert-OH is 1. The van der Waals surface area contributed by atoms with Crippen molar-refractivity contribution in [3.05, 3.63) is 29.8 Å². The monoisotopic (exact) mass is 234 g/mol. The first kappa shape index (κ1) is 11.6. The molecule has 1 heterocycles. The molecule has 1 aromatic rings. The van der Waals surface area contributed by atoms with Crippen molar-refractivity contribution >= 4 is 17.5 Å². The van der Waals surface area contributed by atoms with Gasteiger partial charge in [0.15, 0.2) is 0 Å². The highest BCUT2D eigenvalue weighted by atomic mass is 16.3. The number of nitrogens with one attached hydrogen (secondary N) is 2. The summed E-state index contributed by atoms with van der Waals surface area (Å²) < 4.78 is 0. The van der Waals surface area contributed by atoms with E-state index in [9.17, 15) is 9.59 Å². The number of rotatable bonds is 3. The summed E-state index contributed by atoms with van der Waals surface area (Å²) in [6.07, 6.45) is 0.908. The van der Waals surface area contributed by atoms with Crippen LogP contribution in [0, 0.1) is 0 Å². The number of hydrogen-bond donors (Lipinski definition) is 3. The molecule has 1 aromatic carbocycles. The summed E-state index contributed by atoms with van der Waals surface area (Å²) in [7, 11) is 0. The van der Waals surface area contributed by atoms with Gasteiger partial charge in [-0.2, -0.15) is 0 Å². The average Bonchev–Trinajstić information content (AvgIpc) is 2.77. The summed E-state index contributed by atoms with van der Waals surface area (Å²) >= 11 is 0. The summed E-state index contributed by atoms with van der Waals surface area (Å²) in [5, 5.41) is 14.4. The maximum absolute atomic E-state index is 11.8. The van der Waals surface area contributed by atoms with Gasteiger partial charge < -0.3 is 15.7 Å². The van der Waals surface area contributed by atoms with E-state index in [1.54, 1.807) is 24.3 Å². The lowest BCUT2D eigenvalue weighted by atomic mass is 10.1. The summed E-state index contributed by atoms with van der Waals surface area (Å²) in [5.74, 6) is -0.336. The fourth-order valence-corrected chi connectivity index (χ4v) is 1.81. The Balaban J connectivity index is 2.05. The first-order chi connectivity index (χ1) is 8.20. The maximum atomic E-state index is 11.8. The van der Waals surface area contributed by atoms with Gasteiger partial charge in [0, 0.05) is 17.7 Å². The van der Waals surface area contributed by atoms with Crippen LogP contribution in [-0.4, -0.2) is 23.0 Å². The molecule has 1 aliphatic rings. The van der Waals surface area contributed by atoms with Gasteiger partial charge in [0.25, 0.3) is 0 Å². The Hall–Kier alpha value is -1.88. The zero-order chi connectivity index (χ0) is 12.3. The third-order valence-corrected chi connectivity index (χ3v) is 2.76. The molecule has 0 unspecified atom stereocenters. The van der Waals surface area contributed by atoms with E-state index in [1.165, 1.54) is 0 Å². The minimum atomic E-state index is -0.464. The lowest BCUT2D eigenvalue weighted by Gasteiger charge is -2.13. The third-order valence-electron chi connectivity index (χ3n) is 2.76. The van der Waals surface area contributed by atoms with Crippen molar-refractivity contribution in [1.82, 2.24) is 5.32 Å². The summed E-state index contributed by atoms with van der Waals surface area (Å²) in [6.45, 7) is -0.131. The smallest absolute Gasteiger partial charge is 0.246 e. The minimum Gasteiger partial charge on any atom is -0.392 e. The Labute approximate surface area is 98.8 Å². The molecule has 90 valence electrons. The van der Waals surface area contributed by atoms with Gasteiger partial charge in [0.2, 0.25) is 11.8 Å². The van der Waals surface area contributed by atoms with Crippen molar-refractivity contribution in [2.75, 3.05) is 5.32 Å². The van der Waals surface area contributed by atoms with Crippen molar-refractivity contribution in [3.8, 4) is 0 Å². The van der Waals surface area contributed by atoms with Gasteiger partial charge in [-0.05, 0) is 12.5 Å². The van der Waals surface area contributed by atoms with Gasteiger partial charge in [-0.1, -0.05) is 18.2 Å². The second-order valence-corrected chi connectivity index (χ2v) is 3.96. The van der Waals surface area contributed by atoms with Crippen LogP contribution in [0.3, 0.4) is 0 Å². The third kappa shape index (κ3) is 2.62. The van der Waals surface area contributed by atoms with E-state index in [4.69, 9.17) is 5.11 Å². The molecule has 0 radical (unpaired) electrons. The van der Waals surface area contributed by atoms with Crippen LogP contribution in [0.5, 0.6) is 0 Å². The maximum Gasteiger partial charge on any atom is 0.246 e. The Morgan fingerprint density at radius 3 is 2.88 bits per heavy atom. The van der Waals surface area contributed by atoms with Crippen LogP contribution in [0.25, 0.3) is 0 Å². The zero-order valence-electron chi connectivity index (χ0n) is 9.27. The van der Waals surface area contributed by atoms with Crippen LogP contribution in [0.4, 0.5) is 5.69 Å². The summed E-state index contributed by atoms with van der Waals surface area (Å²) in [6, 6.07) is 6.57. The fourth-order valence-electron chi connectivity index (χ4n) is 1.81. The second-order valence-electron chi connectivity index (χ2n) is 3.96. The highest BCUT2D eigenvalue weighted by Gasteiger charge is 2.27. The van der Waals surface area contributed by atoms with Crippen LogP contribution in [0.1, 0.15) is 18.4 Å². The molecule has 1 aliphatic heterocycles. The molecular weight excluding hydrogens is 220 g/mol. The van der Waals surface area contributed by atoms with Crippen molar-refractivity contribution in [2.24, 2.45) is 0 Å². The highest BCUT2D eigenvalue weighted by Crippen LogP contribution is 2.16. The number of carbonyl (C=O) groups excluding carboxylic acids is 2. The Morgan fingerprint density at radius 1 is 1.47 bits per heavy atom. The minimum absolute atomic E-state index is 0.0967. The number of carbonyl (C=O) groups is 2. The van der Waals surface area contributed by atoms with Crippen molar-refractivity contribution in [3.63, 3.8) is 0 Å². The Kier molecular flexibility index (Phi) is 3.39. The second kappa shape index (κ2) is 4.97. The lowest BCUT2D eigenvalue weighted by molar-refractivity contribution is -0.122. The van der Waals surface area contributed by atoms with Crippen LogP contribution < -0.4 is 10.6 Å². The van der Waals surface area contributed by atoms with E-state index >= 15 is 0 Å². The van der Waals surface area contributed by atoms with Gasteiger partial charge in [0.05, 0.1) is 6.61 Å². The number of para-hydroxylation sites is 1. The van der Waals surface area contributed by atoms with Gasteiger partial charge >= 0.3 is 0 Å². The molecule has 1 fully saturated rings. The number of hydrogen-bond acceptors (Lipinski definition) is 3. The molecule has 0 saturated carbocycles. The molecule has 1 saturated heterocycles. The molecular formula is C12H14N2O3. The van der Waals surface area contributed by atoms with Crippen molar-refractivity contribution in [2.45, 2.75) is 25.5 Å². The predicted molar refractivity (Wildman–Crippen MR) is 62.2 cm³/mol. The normalized spacial score (nSPS) is 18.9. The molecule has 2 rings (SSSR count). The Morgan fingerprint density at radius 2 is 2.24 bits per heavy atom. The number of amides is 2. The van der Waals surface area contributed by atoms with Crippen molar-refractivity contribution in [1.29, 1.82) is 0 Å². The van der Waals surface area contributed by atoms with E-state index in [1.807, 2.05) is 0 Å². The molecule has 5 heteroatoms. The first-order valence-corrected chi connectivity index (χ1v) is 5.49. The number of benzene rings is 1. The molecule has 3 N–H and O–H groups in total. The van der Waals surface area contributed by atoms with Gasteiger partial charge in [-0.25, -0.2) is 0 Å². The number of aliphatic hydroxyl groups is 1. The molecule has 0 aromatic heterocycles. The van der Waals surface area contributed by atoms with Crippen LogP contribution >= 0.6 is 0 Å². The molecule has 1 atom stereocenters. The molecule has 5 nitrogen and oxygen atoms in total. The highest BCUT2D eigenvalue weighted by molar-refractivity contribution is 5.99. The standard InChI is InChI=1S/C12H14N2O3/c15-7-8-3-1-2-4-9(8)14-12(17)10-5-6-11(16)13-10/h1-4,10,15H,5-7H2,(H,13,16)(H,14,17)/t10-/m1/s1. The molecule has 0 bridgehead atoms.